The minimum absolute atomic E-state index is 0.521. The maximum atomic E-state index is 2.49. The Morgan fingerprint density at radius 2 is 0.953 bits per heavy atom. The second kappa shape index (κ2) is 14.6. The number of hydrogen-bond acceptors (Lipinski definition) is 2. The molecule has 0 fully saturated rings. The van der Waals surface area contributed by atoms with Gasteiger partial charge in [-0.1, -0.05) is 182 Å². The second-order valence-corrected chi connectivity index (χ2v) is 17.9. The van der Waals surface area contributed by atoms with Gasteiger partial charge in [0.05, 0.1) is 22.1 Å². The van der Waals surface area contributed by atoms with Gasteiger partial charge in [-0.2, -0.15) is 0 Å². The number of thiophene rings is 1. The molecule has 0 saturated carbocycles. The molecule has 10 aromatic carbocycles. The zero-order valence-electron chi connectivity index (χ0n) is 34.9. The minimum Gasteiger partial charge on any atom is -0.310 e. The van der Waals surface area contributed by atoms with Crippen LogP contribution in [0.2, 0.25) is 0 Å². The number of anilines is 3. The summed E-state index contributed by atoms with van der Waals surface area (Å²) in [6, 6.07) is 89.6. The van der Waals surface area contributed by atoms with E-state index in [4.69, 9.17) is 0 Å². The fourth-order valence-corrected chi connectivity index (χ4v) is 12.0. The first-order valence-electron chi connectivity index (χ1n) is 22.0. The van der Waals surface area contributed by atoms with E-state index < -0.39 is 5.41 Å². The molecule has 2 heterocycles. The molecule has 0 radical (unpaired) electrons. The van der Waals surface area contributed by atoms with E-state index in [-0.39, 0.29) is 0 Å². The van der Waals surface area contributed by atoms with E-state index in [0.717, 1.165) is 22.7 Å². The summed E-state index contributed by atoms with van der Waals surface area (Å²) in [5.74, 6) is 0. The predicted octanol–water partition coefficient (Wildman–Crippen LogP) is 16.7. The molecule has 12 aromatic rings. The van der Waals surface area contributed by atoms with Gasteiger partial charge in [0.15, 0.2) is 0 Å². The van der Waals surface area contributed by atoms with Crippen molar-refractivity contribution in [1.82, 2.24) is 4.57 Å². The number of benzene rings is 10. The van der Waals surface area contributed by atoms with Crippen LogP contribution in [0.4, 0.5) is 17.1 Å². The number of fused-ring (bicyclic) bond motifs is 9. The number of rotatable bonds is 7. The smallest absolute Gasteiger partial charge is 0.0714 e. The van der Waals surface area contributed by atoms with E-state index >= 15 is 0 Å². The summed E-state index contributed by atoms with van der Waals surface area (Å²) in [7, 11) is 0. The molecule has 13 rings (SSSR count). The number of para-hydroxylation sites is 2. The van der Waals surface area contributed by atoms with Gasteiger partial charge in [-0.3, -0.25) is 0 Å². The molecule has 1 aliphatic carbocycles. The number of aromatic nitrogens is 1. The molecular formula is C61H40N2S. The highest BCUT2D eigenvalue weighted by Crippen LogP contribution is 2.59. The predicted molar refractivity (Wildman–Crippen MR) is 271 cm³/mol. The van der Waals surface area contributed by atoms with Crippen molar-refractivity contribution in [3.8, 4) is 27.9 Å². The molecule has 64 heavy (non-hydrogen) atoms. The zero-order valence-corrected chi connectivity index (χ0v) is 35.7. The van der Waals surface area contributed by atoms with Crippen molar-refractivity contribution in [2.75, 3.05) is 4.90 Å². The van der Waals surface area contributed by atoms with Crippen LogP contribution in [0.25, 0.3) is 69.9 Å². The highest BCUT2D eigenvalue weighted by atomic mass is 32.1. The van der Waals surface area contributed by atoms with Crippen LogP contribution in [0.15, 0.2) is 243 Å². The molecule has 0 bridgehead atoms. The molecule has 0 spiro atoms. The van der Waals surface area contributed by atoms with Gasteiger partial charge >= 0.3 is 0 Å². The Balaban J connectivity index is 1.07. The van der Waals surface area contributed by atoms with Crippen molar-refractivity contribution in [2.24, 2.45) is 0 Å². The van der Waals surface area contributed by atoms with Gasteiger partial charge < -0.3 is 9.47 Å². The van der Waals surface area contributed by atoms with Gasteiger partial charge in [-0.15, -0.1) is 11.3 Å². The van der Waals surface area contributed by atoms with Crippen LogP contribution in [0.1, 0.15) is 22.3 Å². The lowest BCUT2D eigenvalue weighted by molar-refractivity contribution is 0.768. The molecule has 2 nitrogen and oxygen atoms in total. The molecule has 3 heteroatoms. The van der Waals surface area contributed by atoms with Crippen LogP contribution in [0.3, 0.4) is 0 Å². The van der Waals surface area contributed by atoms with Crippen LogP contribution in [0, 0.1) is 0 Å². The third-order valence-corrected chi connectivity index (χ3v) is 14.6. The van der Waals surface area contributed by atoms with Gasteiger partial charge in [-0.05, 0) is 99.6 Å². The lowest BCUT2D eigenvalue weighted by atomic mass is 9.68. The van der Waals surface area contributed by atoms with Crippen LogP contribution < -0.4 is 4.90 Å². The number of hydrogen-bond donors (Lipinski definition) is 0. The summed E-state index contributed by atoms with van der Waals surface area (Å²) < 4.78 is 5.04. The van der Waals surface area contributed by atoms with Crippen molar-refractivity contribution < 1.29 is 0 Å². The molecular weight excluding hydrogens is 793 g/mol. The first-order chi connectivity index (χ1) is 31.8. The summed E-state index contributed by atoms with van der Waals surface area (Å²) in [5, 5.41) is 5.13. The lowest BCUT2D eigenvalue weighted by Gasteiger charge is -2.34. The Morgan fingerprint density at radius 3 is 1.69 bits per heavy atom. The number of nitrogens with zero attached hydrogens (tertiary/aromatic N) is 2. The summed E-state index contributed by atoms with van der Waals surface area (Å²) >= 11 is 1.87. The van der Waals surface area contributed by atoms with Gasteiger partial charge in [0.1, 0.15) is 0 Å². The first-order valence-corrected chi connectivity index (χ1v) is 22.8. The fraction of sp³-hybridized carbons (Fsp3) is 0.0164. The molecule has 0 saturated heterocycles. The maximum absolute atomic E-state index is 2.49. The maximum Gasteiger partial charge on any atom is 0.0714 e. The Morgan fingerprint density at radius 1 is 0.391 bits per heavy atom. The Labute approximate surface area is 376 Å². The largest absolute Gasteiger partial charge is 0.310 e. The second-order valence-electron chi connectivity index (χ2n) is 16.8. The van der Waals surface area contributed by atoms with E-state index in [9.17, 15) is 0 Å². The van der Waals surface area contributed by atoms with Gasteiger partial charge in [0, 0.05) is 53.6 Å². The topological polar surface area (TPSA) is 8.17 Å². The Kier molecular flexibility index (Phi) is 8.34. The monoisotopic (exact) mass is 832 g/mol. The molecule has 0 aliphatic heterocycles. The van der Waals surface area contributed by atoms with E-state index in [2.05, 4.69) is 252 Å². The highest BCUT2D eigenvalue weighted by Gasteiger charge is 2.47. The van der Waals surface area contributed by atoms with Crippen LogP contribution in [-0.4, -0.2) is 4.57 Å². The normalized spacial score (nSPS) is 12.8. The minimum atomic E-state index is -0.521. The molecule has 2 aromatic heterocycles. The van der Waals surface area contributed by atoms with Crippen LogP contribution >= 0.6 is 11.3 Å². The van der Waals surface area contributed by atoms with E-state index in [1.54, 1.807) is 0 Å². The molecule has 0 N–H and O–H groups in total. The Hall–Kier alpha value is -7.98. The van der Waals surface area contributed by atoms with Gasteiger partial charge in [-0.25, -0.2) is 0 Å². The molecule has 0 amide bonds. The average Bonchev–Trinajstić information content (AvgIpc) is 4.02. The van der Waals surface area contributed by atoms with Gasteiger partial charge in [0.2, 0.25) is 0 Å². The summed E-state index contributed by atoms with van der Waals surface area (Å²) in [5.41, 5.74) is 16.3. The van der Waals surface area contributed by atoms with Crippen LogP contribution in [-0.2, 0) is 5.41 Å². The lowest BCUT2D eigenvalue weighted by Crippen LogP contribution is -2.28. The van der Waals surface area contributed by atoms with Crippen molar-refractivity contribution in [1.29, 1.82) is 0 Å². The highest BCUT2D eigenvalue weighted by molar-refractivity contribution is 7.25. The summed E-state index contributed by atoms with van der Waals surface area (Å²) in [4.78, 5) is 2.49. The Bertz CT molecular complexity index is 3640. The van der Waals surface area contributed by atoms with Crippen molar-refractivity contribution in [3.05, 3.63) is 265 Å². The third-order valence-electron chi connectivity index (χ3n) is 13.5. The van der Waals surface area contributed by atoms with Crippen molar-refractivity contribution in [2.45, 2.75) is 5.41 Å². The average molecular weight is 833 g/mol. The molecule has 300 valence electrons. The standard InChI is InChI=1S/C61H40N2S/c1-3-18-42(19-4-1)61(43-20-5-2-6-21-43)52-29-11-7-26-50(52)60-53(61)30-17-33-56(60)62(44-38-36-41(37-39-44)47-28-16-35-58-59(47)51-27-10-14-34-57(51)64-58)45-22-15-23-46(40-45)63-54-31-12-8-24-48(54)49-25-9-13-32-55(49)63/h1-40H. The quantitative estimate of drug-likeness (QED) is 0.155. The molecule has 1 aliphatic rings. The summed E-state index contributed by atoms with van der Waals surface area (Å²) in [6.07, 6.45) is 0. The van der Waals surface area contributed by atoms with Crippen LogP contribution in [0.5, 0.6) is 0 Å². The summed E-state index contributed by atoms with van der Waals surface area (Å²) in [6.45, 7) is 0. The molecule has 0 atom stereocenters. The van der Waals surface area contributed by atoms with E-state index in [1.807, 2.05) is 11.3 Å². The van der Waals surface area contributed by atoms with Gasteiger partial charge in [0.25, 0.3) is 0 Å². The van der Waals surface area contributed by atoms with Crippen molar-refractivity contribution >= 4 is 70.4 Å². The molecule has 0 unspecified atom stereocenters. The van der Waals surface area contributed by atoms with Crippen molar-refractivity contribution in [3.63, 3.8) is 0 Å². The van der Waals surface area contributed by atoms with E-state index in [0.29, 0.717) is 0 Å². The third kappa shape index (κ3) is 5.38. The zero-order chi connectivity index (χ0) is 42.2. The van der Waals surface area contributed by atoms with E-state index in [1.165, 1.54) is 86.5 Å². The first kappa shape index (κ1) is 36.7. The SMILES string of the molecule is c1ccc(C2(c3ccccc3)c3ccccc3-c3c(N(c4ccc(-c5cccc6sc7ccccc7c56)cc4)c4cccc(-n5c6ccccc6c6ccccc65)c4)cccc32)cc1. The fourth-order valence-electron chi connectivity index (χ4n) is 10.9.